The lowest BCUT2D eigenvalue weighted by molar-refractivity contribution is -0.148. The predicted molar refractivity (Wildman–Crippen MR) is 73.2 cm³/mol. The first-order valence-corrected chi connectivity index (χ1v) is 7.23. The third kappa shape index (κ3) is 4.25. The van der Waals surface area contributed by atoms with E-state index in [1.54, 1.807) is 0 Å². The van der Waals surface area contributed by atoms with Crippen LogP contribution >= 0.6 is 0 Å². The zero-order chi connectivity index (χ0) is 13.5. The number of esters is 1. The topological polar surface area (TPSA) is 55.6 Å². The molecule has 2 N–H and O–H groups in total. The largest absolute Gasteiger partial charge is 0.466 e. The number of carbonyl (C=O) groups excluding carboxylic acids is 1. The molecule has 0 bridgehead atoms. The molecule has 1 fully saturated rings. The fraction of sp³-hybridized carbons (Fsp3) is 0.929. The minimum atomic E-state index is -0.0918. The molecule has 0 aromatic carbocycles. The maximum absolute atomic E-state index is 11.7. The van der Waals surface area contributed by atoms with Crippen LogP contribution in [-0.4, -0.2) is 43.2 Å². The Morgan fingerprint density at radius 2 is 2.22 bits per heavy atom. The highest BCUT2D eigenvalue weighted by atomic mass is 16.5. The first-order chi connectivity index (χ1) is 8.62. The molecule has 1 aliphatic heterocycles. The van der Waals surface area contributed by atoms with Gasteiger partial charge < -0.3 is 10.5 Å². The Hall–Kier alpha value is -0.610. The lowest BCUT2D eigenvalue weighted by Gasteiger charge is -2.39. The molecule has 0 saturated carbocycles. The highest BCUT2D eigenvalue weighted by Gasteiger charge is 2.29. The third-order valence-electron chi connectivity index (χ3n) is 3.99. The summed E-state index contributed by atoms with van der Waals surface area (Å²) in [6.07, 6.45) is 3.63. The number of piperidine rings is 1. The van der Waals surface area contributed by atoms with Gasteiger partial charge in [0.1, 0.15) is 0 Å². The molecule has 1 heterocycles. The lowest BCUT2D eigenvalue weighted by Crippen LogP contribution is -2.49. The van der Waals surface area contributed by atoms with Gasteiger partial charge in [0, 0.05) is 19.1 Å². The van der Waals surface area contributed by atoms with Gasteiger partial charge in [0.25, 0.3) is 0 Å². The number of nitrogens with two attached hydrogens (primary N) is 1. The van der Waals surface area contributed by atoms with Gasteiger partial charge in [0.2, 0.25) is 0 Å². The Kier molecular flexibility index (Phi) is 6.65. The van der Waals surface area contributed by atoms with E-state index in [-0.39, 0.29) is 11.9 Å². The van der Waals surface area contributed by atoms with Crippen molar-refractivity contribution in [2.45, 2.75) is 46.1 Å². The predicted octanol–water partition coefficient (Wildman–Crippen LogP) is 1.63. The van der Waals surface area contributed by atoms with Crippen LogP contribution in [0.1, 0.15) is 40.0 Å². The van der Waals surface area contributed by atoms with Crippen molar-refractivity contribution in [3.05, 3.63) is 0 Å². The van der Waals surface area contributed by atoms with Crippen LogP contribution in [0.5, 0.6) is 0 Å². The lowest BCUT2D eigenvalue weighted by atomic mass is 9.88. The molecule has 4 heteroatoms. The van der Waals surface area contributed by atoms with Crippen LogP contribution in [0.3, 0.4) is 0 Å². The number of ether oxygens (including phenoxy) is 1. The summed E-state index contributed by atoms with van der Waals surface area (Å²) in [7, 11) is 0. The van der Waals surface area contributed by atoms with Crippen molar-refractivity contribution >= 4 is 5.97 Å². The Morgan fingerprint density at radius 1 is 1.50 bits per heavy atom. The number of hydrogen-bond acceptors (Lipinski definition) is 4. The van der Waals surface area contributed by atoms with Crippen molar-refractivity contribution in [3.8, 4) is 0 Å². The summed E-state index contributed by atoms with van der Waals surface area (Å²) >= 11 is 0. The normalized spacial score (nSPS) is 26.9. The molecular weight excluding hydrogens is 228 g/mol. The molecule has 4 nitrogen and oxygen atoms in total. The standard InChI is InChI=1S/C14H28N2O2/c1-4-12-6-7-16(13(8-12)9-15)10-11(3)14(17)18-5-2/h11-13H,4-10,15H2,1-3H3. The minimum absolute atomic E-state index is 0.0582. The molecule has 0 radical (unpaired) electrons. The third-order valence-corrected chi connectivity index (χ3v) is 3.99. The average molecular weight is 256 g/mol. The Morgan fingerprint density at radius 3 is 2.78 bits per heavy atom. The molecule has 1 aliphatic rings. The summed E-state index contributed by atoms with van der Waals surface area (Å²) in [5.41, 5.74) is 5.86. The van der Waals surface area contributed by atoms with Gasteiger partial charge in [0.05, 0.1) is 12.5 Å². The van der Waals surface area contributed by atoms with E-state index in [1.807, 2.05) is 13.8 Å². The number of carbonyl (C=O) groups is 1. The molecule has 18 heavy (non-hydrogen) atoms. The molecule has 0 aromatic heterocycles. The van der Waals surface area contributed by atoms with Crippen LogP contribution in [0.25, 0.3) is 0 Å². The maximum Gasteiger partial charge on any atom is 0.309 e. The van der Waals surface area contributed by atoms with Crippen molar-refractivity contribution in [1.29, 1.82) is 0 Å². The van der Waals surface area contributed by atoms with Crippen molar-refractivity contribution in [3.63, 3.8) is 0 Å². The molecule has 106 valence electrons. The smallest absolute Gasteiger partial charge is 0.309 e. The van der Waals surface area contributed by atoms with E-state index in [4.69, 9.17) is 10.5 Å². The quantitative estimate of drug-likeness (QED) is 0.734. The molecule has 1 saturated heterocycles. The van der Waals surface area contributed by atoms with Crippen molar-refractivity contribution in [1.82, 2.24) is 4.90 Å². The van der Waals surface area contributed by atoms with E-state index in [9.17, 15) is 4.79 Å². The highest BCUT2D eigenvalue weighted by molar-refractivity contribution is 5.72. The van der Waals surface area contributed by atoms with E-state index < -0.39 is 0 Å². The molecule has 0 amide bonds. The maximum atomic E-state index is 11.7. The zero-order valence-corrected chi connectivity index (χ0v) is 12.0. The zero-order valence-electron chi connectivity index (χ0n) is 12.0. The average Bonchev–Trinajstić information content (AvgIpc) is 2.39. The van der Waals surface area contributed by atoms with Gasteiger partial charge in [-0.1, -0.05) is 20.3 Å². The monoisotopic (exact) mass is 256 g/mol. The van der Waals surface area contributed by atoms with E-state index >= 15 is 0 Å². The second-order valence-electron chi connectivity index (χ2n) is 5.34. The van der Waals surface area contributed by atoms with Crippen LogP contribution in [0.4, 0.5) is 0 Å². The summed E-state index contributed by atoms with van der Waals surface area (Å²) in [6.45, 7) is 9.02. The van der Waals surface area contributed by atoms with E-state index in [0.717, 1.165) is 19.0 Å². The van der Waals surface area contributed by atoms with Gasteiger partial charge in [0.15, 0.2) is 0 Å². The number of likely N-dealkylation sites (tertiary alicyclic amines) is 1. The second-order valence-corrected chi connectivity index (χ2v) is 5.34. The van der Waals surface area contributed by atoms with Gasteiger partial charge in [-0.05, 0) is 32.2 Å². The Labute approximate surface area is 111 Å². The molecule has 3 unspecified atom stereocenters. The molecule has 1 rings (SSSR count). The van der Waals surface area contributed by atoms with Crippen molar-refractivity contribution in [2.24, 2.45) is 17.6 Å². The van der Waals surface area contributed by atoms with Crippen LogP contribution in [0, 0.1) is 11.8 Å². The van der Waals surface area contributed by atoms with Gasteiger partial charge >= 0.3 is 5.97 Å². The van der Waals surface area contributed by atoms with E-state index in [0.29, 0.717) is 19.2 Å². The summed E-state index contributed by atoms with van der Waals surface area (Å²) in [5, 5.41) is 0. The van der Waals surface area contributed by atoms with Crippen LogP contribution in [0.2, 0.25) is 0 Å². The Balaban J connectivity index is 2.47. The molecule has 3 atom stereocenters. The van der Waals surface area contributed by atoms with Crippen LogP contribution in [0.15, 0.2) is 0 Å². The highest BCUT2D eigenvalue weighted by Crippen LogP contribution is 2.25. The summed E-state index contributed by atoms with van der Waals surface area (Å²) in [4.78, 5) is 14.0. The summed E-state index contributed by atoms with van der Waals surface area (Å²) in [6, 6.07) is 0.431. The van der Waals surface area contributed by atoms with Gasteiger partial charge in [-0.25, -0.2) is 0 Å². The van der Waals surface area contributed by atoms with Gasteiger partial charge in [-0.15, -0.1) is 0 Å². The summed E-state index contributed by atoms with van der Waals surface area (Å²) in [5.74, 6) is 0.649. The molecule has 0 aliphatic carbocycles. The first kappa shape index (κ1) is 15.4. The number of rotatable bonds is 6. The van der Waals surface area contributed by atoms with Crippen molar-refractivity contribution in [2.75, 3.05) is 26.2 Å². The number of hydrogen-bond donors (Lipinski definition) is 1. The van der Waals surface area contributed by atoms with Gasteiger partial charge in [-0.3, -0.25) is 9.69 Å². The molecular formula is C14H28N2O2. The van der Waals surface area contributed by atoms with Gasteiger partial charge in [-0.2, -0.15) is 0 Å². The fourth-order valence-corrected chi connectivity index (χ4v) is 2.75. The molecule has 0 spiro atoms. The minimum Gasteiger partial charge on any atom is -0.466 e. The fourth-order valence-electron chi connectivity index (χ4n) is 2.75. The number of nitrogens with zero attached hydrogens (tertiary/aromatic N) is 1. The van der Waals surface area contributed by atoms with E-state index in [1.165, 1.54) is 19.3 Å². The van der Waals surface area contributed by atoms with E-state index in [2.05, 4.69) is 11.8 Å². The second kappa shape index (κ2) is 7.74. The SMILES string of the molecule is CCOC(=O)C(C)CN1CCC(CC)CC1CN. The van der Waals surface area contributed by atoms with Crippen LogP contribution < -0.4 is 5.73 Å². The Bertz CT molecular complexity index is 258. The van der Waals surface area contributed by atoms with Crippen LogP contribution in [-0.2, 0) is 9.53 Å². The molecule has 0 aromatic rings. The summed E-state index contributed by atoms with van der Waals surface area (Å²) < 4.78 is 5.06. The van der Waals surface area contributed by atoms with Crippen molar-refractivity contribution < 1.29 is 9.53 Å². The first-order valence-electron chi connectivity index (χ1n) is 7.23.